The van der Waals surface area contributed by atoms with Crippen LogP contribution in [0.1, 0.15) is 25.3 Å². The van der Waals surface area contributed by atoms with Crippen LogP contribution < -0.4 is 5.32 Å². The Morgan fingerprint density at radius 3 is 2.96 bits per heavy atom. The van der Waals surface area contributed by atoms with Gasteiger partial charge in [0.1, 0.15) is 17.3 Å². The molecule has 7 heteroatoms. The van der Waals surface area contributed by atoms with E-state index in [2.05, 4.69) is 27.3 Å². The number of benzene rings is 1. The van der Waals surface area contributed by atoms with Crippen molar-refractivity contribution in [1.29, 1.82) is 0 Å². The molecule has 4 rings (SSSR count). The van der Waals surface area contributed by atoms with Gasteiger partial charge in [-0.2, -0.15) is 0 Å². The van der Waals surface area contributed by atoms with Gasteiger partial charge in [-0.3, -0.25) is 4.40 Å². The molecular weight excluding hydrogens is 345 g/mol. The Morgan fingerprint density at radius 1 is 1.33 bits per heavy atom. The highest BCUT2D eigenvalue weighted by molar-refractivity contribution is 5.81. The number of aromatic nitrogens is 3. The molecule has 1 fully saturated rings. The molecule has 142 valence electrons. The summed E-state index contributed by atoms with van der Waals surface area (Å²) >= 11 is 0. The van der Waals surface area contributed by atoms with Crippen LogP contribution in [0.4, 0.5) is 10.3 Å². The van der Waals surface area contributed by atoms with Gasteiger partial charge in [0.25, 0.3) is 0 Å². The third-order valence-electron chi connectivity index (χ3n) is 5.20. The Labute approximate surface area is 157 Å². The third-order valence-corrected chi connectivity index (χ3v) is 5.20. The van der Waals surface area contributed by atoms with Crippen LogP contribution in [0.25, 0.3) is 16.8 Å². The van der Waals surface area contributed by atoms with Crippen molar-refractivity contribution in [3.05, 3.63) is 41.8 Å². The average Bonchev–Trinajstić information content (AvgIpc) is 3.13. The van der Waals surface area contributed by atoms with Crippen molar-refractivity contribution in [1.82, 2.24) is 19.5 Å². The first-order chi connectivity index (χ1) is 13.1. The molecule has 0 bridgehead atoms. The van der Waals surface area contributed by atoms with E-state index in [9.17, 15) is 9.50 Å². The molecule has 6 nitrogen and oxygen atoms in total. The van der Waals surface area contributed by atoms with E-state index < -0.39 is 5.82 Å². The van der Waals surface area contributed by atoms with Crippen LogP contribution in [0.15, 0.2) is 30.5 Å². The van der Waals surface area contributed by atoms with Crippen LogP contribution >= 0.6 is 0 Å². The molecule has 3 heterocycles. The van der Waals surface area contributed by atoms with Gasteiger partial charge in [-0.15, -0.1) is 10.2 Å². The van der Waals surface area contributed by atoms with Crippen LogP contribution in [0.3, 0.4) is 0 Å². The number of aryl methyl sites for hydroxylation is 1. The lowest BCUT2D eigenvalue weighted by molar-refractivity contribution is 0.226. The third kappa shape index (κ3) is 3.35. The molecule has 0 saturated carbocycles. The van der Waals surface area contributed by atoms with Gasteiger partial charge >= 0.3 is 0 Å². The first-order valence-corrected chi connectivity index (χ1v) is 9.39. The predicted octanol–water partition coefficient (Wildman–Crippen LogP) is 3.45. The number of nitrogens with zero attached hydrogens (tertiary/aromatic N) is 4. The van der Waals surface area contributed by atoms with Gasteiger partial charge in [0.15, 0.2) is 0 Å². The summed E-state index contributed by atoms with van der Waals surface area (Å²) in [6.45, 7) is 7.04. The molecule has 0 aliphatic carbocycles. The van der Waals surface area contributed by atoms with Crippen molar-refractivity contribution in [3.8, 4) is 17.0 Å². The van der Waals surface area contributed by atoms with E-state index >= 15 is 0 Å². The van der Waals surface area contributed by atoms with Crippen molar-refractivity contribution in [2.24, 2.45) is 0 Å². The van der Waals surface area contributed by atoms with E-state index in [4.69, 9.17) is 0 Å². The minimum absolute atomic E-state index is 0.0816. The van der Waals surface area contributed by atoms with Gasteiger partial charge in [0.05, 0.1) is 11.1 Å². The smallest absolute Gasteiger partial charge is 0.228 e. The largest absolute Gasteiger partial charge is 0.507 e. The summed E-state index contributed by atoms with van der Waals surface area (Å²) in [5.41, 5.74) is 1.77. The molecule has 1 aromatic carbocycles. The number of piperidine rings is 1. The number of fused-ring (bicyclic) bond motifs is 1. The molecule has 0 amide bonds. The first-order valence-electron chi connectivity index (χ1n) is 9.39. The second-order valence-corrected chi connectivity index (χ2v) is 7.15. The van der Waals surface area contributed by atoms with Crippen molar-refractivity contribution in [2.75, 3.05) is 25.0 Å². The average molecular weight is 369 g/mol. The topological polar surface area (TPSA) is 65.7 Å². The van der Waals surface area contributed by atoms with E-state index in [1.807, 2.05) is 22.7 Å². The number of phenolic OH excluding ortho intramolecular Hbond substituents is 1. The van der Waals surface area contributed by atoms with Crippen molar-refractivity contribution in [2.45, 2.75) is 32.7 Å². The number of nitrogens with one attached hydrogen (secondary N) is 1. The zero-order valence-electron chi connectivity index (χ0n) is 15.6. The molecule has 0 unspecified atom stereocenters. The van der Waals surface area contributed by atoms with Gasteiger partial charge in [-0.25, -0.2) is 4.39 Å². The lowest BCUT2D eigenvalue weighted by Gasteiger charge is -2.32. The minimum atomic E-state index is -0.503. The Hall–Kier alpha value is -2.67. The molecule has 0 radical (unpaired) electrons. The number of halogens is 1. The number of phenols is 1. The fourth-order valence-corrected chi connectivity index (χ4v) is 3.83. The number of aromatic hydroxyl groups is 1. The monoisotopic (exact) mass is 369 g/mol. The fourth-order valence-electron chi connectivity index (χ4n) is 3.83. The number of rotatable bonds is 4. The van der Waals surface area contributed by atoms with Crippen LogP contribution in [0.5, 0.6) is 5.75 Å². The summed E-state index contributed by atoms with van der Waals surface area (Å²) < 4.78 is 16.4. The summed E-state index contributed by atoms with van der Waals surface area (Å²) in [5, 5.41) is 22.3. The minimum Gasteiger partial charge on any atom is -0.507 e. The van der Waals surface area contributed by atoms with Crippen molar-refractivity contribution < 1.29 is 9.50 Å². The first kappa shape index (κ1) is 17.7. The summed E-state index contributed by atoms with van der Waals surface area (Å²) in [5.74, 6) is 0.00154. The molecule has 27 heavy (non-hydrogen) atoms. The molecule has 1 atom stereocenters. The summed E-state index contributed by atoms with van der Waals surface area (Å²) in [7, 11) is 0. The molecule has 2 aromatic heterocycles. The predicted molar refractivity (Wildman–Crippen MR) is 104 cm³/mol. The number of hydrogen-bond donors (Lipinski definition) is 2. The number of anilines is 1. The maximum atomic E-state index is 14.5. The normalized spacial score (nSPS) is 18.1. The SMILES string of the molecule is CCN1CCC[C@@H](Nc2nnc(-c3c(O)cc(C)cc3F)c3cccn23)C1. The molecule has 1 saturated heterocycles. The van der Waals surface area contributed by atoms with Gasteiger partial charge in [0.2, 0.25) is 5.95 Å². The number of likely N-dealkylation sites (tertiary alicyclic amines) is 1. The highest BCUT2D eigenvalue weighted by atomic mass is 19.1. The Balaban J connectivity index is 1.71. The van der Waals surface area contributed by atoms with E-state index in [1.54, 1.807) is 6.92 Å². The van der Waals surface area contributed by atoms with Crippen molar-refractivity contribution >= 4 is 11.5 Å². The van der Waals surface area contributed by atoms with Gasteiger partial charge in [0, 0.05) is 18.8 Å². The second kappa shape index (κ2) is 7.15. The molecule has 0 spiro atoms. The Bertz CT molecular complexity index is 947. The van der Waals surface area contributed by atoms with Crippen molar-refractivity contribution in [3.63, 3.8) is 0 Å². The maximum Gasteiger partial charge on any atom is 0.228 e. The van der Waals surface area contributed by atoms with E-state index in [0.717, 1.165) is 32.5 Å². The molecule has 1 aliphatic heterocycles. The highest BCUT2D eigenvalue weighted by Crippen LogP contribution is 2.34. The Morgan fingerprint density at radius 2 is 2.19 bits per heavy atom. The van der Waals surface area contributed by atoms with Gasteiger partial charge in [-0.1, -0.05) is 6.92 Å². The van der Waals surface area contributed by atoms with Crippen LogP contribution in [-0.4, -0.2) is 50.3 Å². The van der Waals surface area contributed by atoms with Gasteiger partial charge in [-0.05, 0) is 62.7 Å². The molecule has 1 aliphatic rings. The quantitative estimate of drug-likeness (QED) is 0.737. The lowest BCUT2D eigenvalue weighted by atomic mass is 10.1. The summed E-state index contributed by atoms with van der Waals surface area (Å²) in [6, 6.07) is 6.95. The molecular formula is C20H24FN5O. The second-order valence-electron chi connectivity index (χ2n) is 7.15. The standard InChI is InChI=1S/C20H24FN5O/c1-3-25-8-4-6-14(12-25)22-20-24-23-19(16-7-5-9-26(16)20)18-15(21)10-13(2)11-17(18)27/h5,7,9-11,14,27H,3-4,6,8,12H2,1-2H3,(H,22,24)/t14-/m1/s1. The molecule has 3 aromatic rings. The number of hydrogen-bond acceptors (Lipinski definition) is 5. The highest BCUT2D eigenvalue weighted by Gasteiger charge is 2.22. The van der Waals surface area contributed by atoms with Crippen LogP contribution in [0, 0.1) is 12.7 Å². The van der Waals surface area contributed by atoms with E-state index in [0.29, 0.717) is 28.8 Å². The van der Waals surface area contributed by atoms with Crippen LogP contribution in [-0.2, 0) is 0 Å². The zero-order valence-corrected chi connectivity index (χ0v) is 15.6. The number of likely N-dealkylation sites (N-methyl/N-ethyl adjacent to an activating group) is 1. The fraction of sp³-hybridized carbons (Fsp3) is 0.400. The maximum absolute atomic E-state index is 14.5. The zero-order chi connectivity index (χ0) is 19.0. The van der Waals surface area contributed by atoms with Gasteiger partial charge < -0.3 is 15.3 Å². The summed E-state index contributed by atoms with van der Waals surface area (Å²) in [4.78, 5) is 2.41. The van der Waals surface area contributed by atoms with E-state index in [-0.39, 0.29) is 11.3 Å². The molecule has 2 N–H and O–H groups in total. The Kier molecular flexibility index (Phi) is 4.70. The summed E-state index contributed by atoms with van der Waals surface area (Å²) in [6.07, 6.45) is 4.10. The van der Waals surface area contributed by atoms with E-state index in [1.165, 1.54) is 12.1 Å². The lowest BCUT2D eigenvalue weighted by Crippen LogP contribution is -2.42. The van der Waals surface area contributed by atoms with Crippen LogP contribution in [0.2, 0.25) is 0 Å².